The Bertz CT molecular complexity index is 106. The summed E-state index contributed by atoms with van der Waals surface area (Å²) in [6.07, 6.45) is 4.26. The van der Waals surface area contributed by atoms with Crippen molar-refractivity contribution >= 4 is 0 Å². The monoisotopic (exact) mass is 141 g/mol. The first-order valence-electron chi connectivity index (χ1n) is 4.26. The zero-order chi connectivity index (χ0) is 6.81. The summed E-state index contributed by atoms with van der Waals surface area (Å²) in [5, 5.41) is 3.47. The van der Waals surface area contributed by atoms with Gasteiger partial charge in [0, 0.05) is 12.6 Å². The van der Waals surface area contributed by atoms with E-state index in [4.69, 9.17) is 4.74 Å². The molecule has 2 fully saturated rings. The van der Waals surface area contributed by atoms with Crippen molar-refractivity contribution in [2.45, 2.75) is 25.3 Å². The van der Waals surface area contributed by atoms with Crippen LogP contribution >= 0.6 is 0 Å². The molecule has 0 amide bonds. The lowest BCUT2D eigenvalue weighted by molar-refractivity contribution is 0.0724. The SMILES string of the molecule is C1COC[C@@H](CC2CC2)N1. The molecular weight excluding hydrogens is 126 g/mol. The molecule has 0 radical (unpaired) electrons. The van der Waals surface area contributed by atoms with Crippen molar-refractivity contribution in [1.29, 1.82) is 0 Å². The molecule has 0 bridgehead atoms. The van der Waals surface area contributed by atoms with E-state index in [9.17, 15) is 0 Å². The van der Waals surface area contributed by atoms with Gasteiger partial charge in [0.05, 0.1) is 13.2 Å². The normalized spacial score (nSPS) is 34.2. The molecule has 1 aliphatic heterocycles. The van der Waals surface area contributed by atoms with Crippen molar-refractivity contribution in [2.75, 3.05) is 19.8 Å². The fourth-order valence-electron chi connectivity index (χ4n) is 1.53. The second-order valence-electron chi connectivity index (χ2n) is 3.41. The van der Waals surface area contributed by atoms with E-state index < -0.39 is 0 Å². The fraction of sp³-hybridized carbons (Fsp3) is 1.00. The zero-order valence-corrected chi connectivity index (χ0v) is 6.31. The van der Waals surface area contributed by atoms with Crippen LogP contribution in [0.4, 0.5) is 0 Å². The maximum atomic E-state index is 5.35. The minimum atomic E-state index is 0.668. The Balaban J connectivity index is 1.69. The van der Waals surface area contributed by atoms with Crippen molar-refractivity contribution < 1.29 is 4.74 Å². The summed E-state index contributed by atoms with van der Waals surface area (Å²) >= 11 is 0. The lowest BCUT2D eigenvalue weighted by atomic mass is 10.1. The van der Waals surface area contributed by atoms with Crippen LogP contribution in [-0.4, -0.2) is 25.8 Å². The quantitative estimate of drug-likeness (QED) is 0.613. The van der Waals surface area contributed by atoms with Crippen LogP contribution in [0.15, 0.2) is 0 Å². The second kappa shape index (κ2) is 2.89. The third kappa shape index (κ3) is 1.70. The summed E-state index contributed by atoms with van der Waals surface area (Å²) in [5.74, 6) is 1.03. The number of morpholine rings is 1. The van der Waals surface area contributed by atoms with Gasteiger partial charge in [-0.25, -0.2) is 0 Å². The van der Waals surface area contributed by atoms with Gasteiger partial charge in [0.15, 0.2) is 0 Å². The Hall–Kier alpha value is -0.0800. The number of ether oxygens (including phenoxy) is 1. The maximum absolute atomic E-state index is 5.35. The third-order valence-electron chi connectivity index (χ3n) is 2.31. The van der Waals surface area contributed by atoms with Gasteiger partial charge in [-0.05, 0) is 12.3 Å². The fourth-order valence-corrected chi connectivity index (χ4v) is 1.53. The molecule has 1 saturated heterocycles. The molecule has 2 heteroatoms. The average Bonchev–Trinajstić information content (AvgIpc) is 2.74. The van der Waals surface area contributed by atoms with E-state index in [1.807, 2.05) is 0 Å². The van der Waals surface area contributed by atoms with E-state index in [1.165, 1.54) is 19.3 Å². The van der Waals surface area contributed by atoms with Crippen molar-refractivity contribution in [3.8, 4) is 0 Å². The molecule has 0 aromatic rings. The molecular formula is C8H15NO. The Labute approximate surface area is 61.9 Å². The second-order valence-corrected chi connectivity index (χ2v) is 3.41. The molecule has 1 saturated carbocycles. The van der Waals surface area contributed by atoms with Crippen LogP contribution < -0.4 is 5.32 Å². The summed E-state index contributed by atoms with van der Waals surface area (Å²) < 4.78 is 5.35. The summed E-state index contributed by atoms with van der Waals surface area (Å²) in [4.78, 5) is 0. The molecule has 58 valence electrons. The van der Waals surface area contributed by atoms with Gasteiger partial charge in [0.2, 0.25) is 0 Å². The van der Waals surface area contributed by atoms with Gasteiger partial charge in [-0.3, -0.25) is 0 Å². The topological polar surface area (TPSA) is 21.3 Å². The van der Waals surface area contributed by atoms with E-state index in [0.717, 1.165) is 25.7 Å². The molecule has 1 aliphatic carbocycles. The highest BCUT2D eigenvalue weighted by Gasteiger charge is 2.26. The molecule has 0 aromatic heterocycles. The first kappa shape index (κ1) is 6.62. The highest BCUT2D eigenvalue weighted by molar-refractivity contribution is 4.81. The maximum Gasteiger partial charge on any atom is 0.0620 e. The predicted molar refractivity (Wildman–Crippen MR) is 40.0 cm³/mol. The summed E-state index contributed by atoms with van der Waals surface area (Å²) in [6, 6.07) is 0.668. The van der Waals surface area contributed by atoms with Crippen molar-refractivity contribution in [2.24, 2.45) is 5.92 Å². The minimum Gasteiger partial charge on any atom is -0.379 e. The lowest BCUT2D eigenvalue weighted by Crippen LogP contribution is -2.41. The molecule has 0 spiro atoms. The van der Waals surface area contributed by atoms with Gasteiger partial charge >= 0.3 is 0 Å². The number of nitrogens with one attached hydrogen (secondary N) is 1. The standard InChI is InChI=1S/C8H15NO/c1-2-7(1)5-8-6-10-4-3-9-8/h7-9H,1-6H2/t8-/m1/s1. The van der Waals surface area contributed by atoms with Gasteiger partial charge in [0.25, 0.3) is 0 Å². The van der Waals surface area contributed by atoms with Crippen LogP contribution in [0.3, 0.4) is 0 Å². The van der Waals surface area contributed by atoms with Crippen LogP contribution in [0.1, 0.15) is 19.3 Å². The van der Waals surface area contributed by atoms with Gasteiger partial charge in [-0.2, -0.15) is 0 Å². The van der Waals surface area contributed by atoms with Gasteiger partial charge in [-0.15, -0.1) is 0 Å². The number of hydrogen-bond donors (Lipinski definition) is 1. The molecule has 0 unspecified atom stereocenters. The first-order chi connectivity index (χ1) is 4.95. The summed E-state index contributed by atoms with van der Waals surface area (Å²) in [5.41, 5.74) is 0. The van der Waals surface area contributed by atoms with Crippen LogP contribution in [0.5, 0.6) is 0 Å². The highest BCUT2D eigenvalue weighted by atomic mass is 16.5. The van der Waals surface area contributed by atoms with Crippen molar-refractivity contribution in [3.63, 3.8) is 0 Å². The van der Waals surface area contributed by atoms with Crippen molar-refractivity contribution in [3.05, 3.63) is 0 Å². The molecule has 2 rings (SSSR count). The Morgan fingerprint density at radius 3 is 2.90 bits per heavy atom. The Morgan fingerprint density at radius 2 is 2.30 bits per heavy atom. The lowest BCUT2D eigenvalue weighted by Gasteiger charge is -2.23. The van der Waals surface area contributed by atoms with E-state index >= 15 is 0 Å². The van der Waals surface area contributed by atoms with Gasteiger partial charge in [-0.1, -0.05) is 12.8 Å². The van der Waals surface area contributed by atoms with Gasteiger partial charge < -0.3 is 10.1 Å². The highest BCUT2D eigenvalue weighted by Crippen LogP contribution is 2.33. The van der Waals surface area contributed by atoms with E-state index in [1.54, 1.807) is 0 Å². The van der Waals surface area contributed by atoms with Crippen LogP contribution in [0.25, 0.3) is 0 Å². The van der Waals surface area contributed by atoms with Crippen LogP contribution in [-0.2, 0) is 4.74 Å². The minimum absolute atomic E-state index is 0.668. The third-order valence-corrected chi connectivity index (χ3v) is 2.31. The number of rotatable bonds is 2. The Kier molecular flexibility index (Phi) is 1.91. The summed E-state index contributed by atoms with van der Waals surface area (Å²) in [7, 11) is 0. The van der Waals surface area contributed by atoms with E-state index in [0.29, 0.717) is 6.04 Å². The first-order valence-corrected chi connectivity index (χ1v) is 4.26. The van der Waals surface area contributed by atoms with E-state index in [-0.39, 0.29) is 0 Å². The molecule has 2 nitrogen and oxygen atoms in total. The molecule has 1 N–H and O–H groups in total. The van der Waals surface area contributed by atoms with Gasteiger partial charge in [0.1, 0.15) is 0 Å². The average molecular weight is 141 g/mol. The smallest absolute Gasteiger partial charge is 0.0620 e. The zero-order valence-electron chi connectivity index (χ0n) is 6.31. The van der Waals surface area contributed by atoms with Crippen molar-refractivity contribution in [1.82, 2.24) is 5.32 Å². The largest absolute Gasteiger partial charge is 0.379 e. The predicted octanol–water partition coefficient (Wildman–Crippen LogP) is 0.775. The summed E-state index contributed by atoms with van der Waals surface area (Å²) in [6.45, 7) is 2.90. The van der Waals surface area contributed by atoms with Crippen LogP contribution in [0, 0.1) is 5.92 Å². The number of hydrogen-bond acceptors (Lipinski definition) is 2. The molecule has 1 atom stereocenters. The molecule has 0 aromatic carbocycles. The molecule has 1 heterocycles. The Morgan fingerprint density at radius 1 is 1.40 bits per heavy atom. The molecule has 2 aliphatic rings. The molecule has 10 heavy (non-hydrogen) atoms. The van der Waals surface area contributed by atoms with Crippen LogP contribution in [0.2, 0.25) is 0 Å². The van der Waals surface area contributed by atoms with E-state index in [2.05, 4.69) is 5.32 Å².